The standard InChI is InChI=1S/C11H14OS.C4H6N2O/c1-8(9-2-3-9)12-10-4-6-11(13)7-5-10;1-3-2-4(5)6-7-3/h4-9,13H,2-3H2,1H3;2H,1H3,(H2,5,6). The van der Waals surface area contributed by atoms with E-state index in [1.54, 1.807) is 13.0 Å². The average Bonchev–Trinajstić information content (AvgIpc) is 3.19. The molecule has 0 aliphatic heterocycles. The molecule has 1 aromatic carbocycles. The minimum Gasteiger partial charge on any atom is -0.490 e. The summed E-state index contributed by atoms with van der Waals surface area (Å²) in [5.41, 5.74) is 5.17. The van der Waals surface area contributed by atoms with Crippen molar-refractivity contribution in [1.82, 2.24) is 5.16 Å². The van der Waals surface area contributed by atoms with Crippen molar-refractivity contribution in [2.45, 2.75) is 37.7 Å². The van der Waals surface area contributed by atoms with Gasteiger partial charge in [0.2, 0.25) is 0 Å². The van der Waals surface area contributed by atoms with E-state index in [0.29, 0.717) is 11.9 Å². The first-order valence-corrected chi connectivity index (χ1v) is 7.14. The number of nitrogens with two attached hydrogens (primary N) is 1. The van der Waals surface area contributed by atoms with Gasteiger partial charge in [0.25, 0.3) is 0 Å². The monoisotopic (exact) mass is 292 g/mol. The van der Waals surface area contributed by atoms with Crippen LogP contribution >= 0.6 is 12.6 Å². The molecule has 4 nitrogen and oxygen atoms in total. The average molecular weight is 292 g/mol. The lowest BCUT2D eigenvalue weighted by atomic mass is 10.2. The Labute approximate surface area is 124 Å². The summed E-state index contributed by atoms with van der Waals surface area (Å²) in [6, 6.07) is 9.53. The fraction of sp³-hybridized carbons (Fsp3) is 0.400. The van der Waals surface area contributed by atoms with E-state index in [1.807, 2.05) is 24.3 Å². The van der Waals surface area contributed by atoms with Crippen molar-refractivity contribution >= 4 is 18.4 Å². The number of aryl methyl sites for hydroxylation is 1. The van der Waals surface area contributed by atoms with Gasteiger partial charge in [0, 0.05) is 11.0 Å². The van der Waals surface area contributed by atoms with Gasteiger partial charge in [0.1, 0.15) is 11.5 Å². The Hall–Kier alpha value is -1.62. The van der Waals surface area contributed by atoms with E-state index >= 15 is 0 Å². The molecule has 2 aromatic rings. The molecule has 1 aliphatic rings. The van der Waals surface area contributed by atoms with E-state index in [1.165, 1.54) is 12.8 Å². The molecular formula is C15H20N2O2S. The smallest absolute Gasteiger partial charge is 0.167 e. The molecule has 1 fully saturated rings. The van der Waals surface area contributed by atoms with Gasteiger partial charge in [-0.05, 0) is 56.9 Å². The van der Waals surface area contributed by atoms with Crippen molar-refractivity contribution in [3.63, 3.8) is 0 Å². The van der Waals surface area contributed by atoms with E-state index in [9.17, 15) is 0 Å². The van der Waals surface area contributed by atoms with E-state index in [0.717, 1.165) is 22.3 Å². The highest BCUT2D eigenvalue weighted by Gasteiger charge is 2.29. The molecule has 3 rings (SSSR count). The zero-order chi connectivity index (χ0) is 14.5. The van der Waals surface area contributed by atoms with Gasteiger partial charge in [-0.25, -0.2) is 0 Å². The zero-order valence-corrected chi connectivity index (χ0v) is 12.6. The summed E-state index contributed by atoms with van der Waals surface area (Å²) in [7, 11) is 0. The molecule has 1 unspecified atom stereocenters. The maximum atomic E-state index is 5.76. The van der Waals surface area contributed by atoms with Crippen LogP contribution in [0.3, 0.4) is 0 Å². The molecular weight excluding hydrogens is 272 g/mol. The van der Waals surface area contributed by atoms with Gasteiger partial charge in [-0.15, -0.1) is 12.6 Å². The third-order valence-corrected chi connectivity index (χ3v) is 3.39. The molecule has 1 atom stereocenters. The van der Waals surface area contributed by atoms with Crippen molar-refractivity contribution in [2.75, 3.05) is 5.73 Å². The van der Waals surface area contributed by atoms with Crippen LogP contribution in [0.15, 0.2) is 39.8 Å². The Bertz CT molecular complexity index is 519. The first-order chi connectivity index (χ1) is 9.54. The summed E-state index contributed by atoms with van der Waals surface area (Å²) in [5.74, 6) is 2.93. The number of rotatable bonds is 3. The minimum absolute atomic E-state index is 0.366. The SMILES string of the molecule is CC(Oc1ccc(S)cc1)C1CC1.Cc1cc(N)no1. The molecule has 5 heteroatoms. The fourth-order valence-corrected chi connectivity index (χ4v) is 1.94. The summed E-state index contributed by atoms with van der Waals surface area (Å²) < 4.78 is 10.3. The molecule has 1 heterocycles. The topological polar surface area (TPSA) is 61.3 Å². The Morgan fingerprint density at radius 2 is 2.00 bits per heavy atom. The highest BCUT2D eigenvalue weighted by molar-refractivity contribution is 7.80. The molecule has 20 heavy (non-hydrogen) atoms. The minimum atomic E-state index is 0.366. The maximum absolute atomic E-state index is 5.76. The second kappa shape index (κ2) is 6.70. The highest BCUT2D eigenvalue weighted by Crippen LogP contribution is 2.34. The molecule has 0 spiro atoms. The van der Waals surface area contributed by atoms with Gasteiger partial charge in [-0.1, -0.05) is 5.16 Å². The summed E-state index contributed by atoms with van der Waals surface area (Å²) in [6.07, 6.45) is 3.02. The number of ether oxygens (including phenoxy) is 1. The highest BCUT2D eigenvalue weighted by atomic mass is 32.1. The summed E-state index contributed by atoms with van der Waals surface area (Å²) >= 11 is 4.22. The van der Waals surface area contributed by atoms with Crippen molar-refractivity contribution in [3.05, 3.63) is 36.1 Å². The molecule has 108 valence electrons. The third kappa shape index (κ3) is 4.81. The zero-order valence-electron chi connectivity index (χ0n) is 11.7. The molecule has 0 amide bonds. The molecule has 1 aromatic heterocycles. The second-order valence-electron chi connectivity index (χ2n) is 5.02. The number of thiol groups is 1. The third-order valence-electron chi connectivity index (χ3n) is 3.09. The quantitative estimate of drug-likeness (QED) is 0.846. The van der Waals surface area contributed by atoms with Crippen LogP contribution in [0, 0.1) is 12.8 Å². The van der Waals surface area contributed by atoms with Crippen LogP contribution in [-0.4, -0.2) is 11.3 Å². The Kier molecular flexibility index (Phi) is 4.95. The first kappa shape index (κ1) is 14.8. The Morgan fingerprint density at radius 1 is 1.35 bits per heavy atom. The first-order valence-electron chi connectivity index (χ1n) is 6.69. The van der Waals surface area contributed by atoms with E-state index in [-0.39, 0.29) is 0 Å². The molecule has 0 saturated heterocycles. The van der Waals surface area contributed by atoms with Gasteiger partial charge in [0.15, 0.2) is 5.82 Å². The van der Waals surface area contributed by atoms with Crippen molar-refractivity contribution in [1.29, 1.82) is 0 Å². The molecule has 2 N–H and O–H groups in total. The van der Waals surface area contributed by atoms with Crippen LogP contribution in [0.5, 0.6) is 5.75 Å². The number of hydrogen-bond acceptors (Lipinski definition) is 5. The summed E-state index contributed by atoms with van der Waals surface area (Å²) in [4.78, 5) is 0.978. The normalized spacial score (nSPS) is 15.2. The van der Waals surface area contributed by atoms with E-state index in [4.69, 9.17) is 10.5 Å². The van der Waals surface area contributed by atoms with Crippen LogP contribution in [-0.2, 0) is 0 Å². The van der Waals surface area contributed by atoms with Crippen LogP contribution in [0.25, 0.3) is 0 Å². The molecule has 0 bridgehead atoms. The van der Waals surface area contributed by atoms with Gasteiger partial charge in [-0.2, -0.15) is 0 Å². The fourth-order valence-electron chi connectivity index (χ4n) is 1.79. The number of nitrogen functional groups attached to an aromatic ring is 1. The van der Waals surface area contributed by atoms with Gasteiger partial charge in [0.05, 0.1) is 6.10 Å². The van der Waals surface area contributed by atoms with Gasteiger partial charge < -0.3 is 15.0 Å². The predicted molar refractivity (Wildman–Crippen MR) is 82.2 cm³/mol. The molecule has 1 aliphatic carbocycles. The lowest BCUT2D eigenvalue weighted by Gasteiger charge is -2.13. The lowest BCUT2D eigenvalue weighted by molar-refractivity contribution is 0.198. The maximum Gasteiger partial charge on any atom is 0.167 e. The second-order valence-corrected chi connectivity index (χ2v) is 5.53. The number of hydrogen-bond donors (Lipinski definition) is 2. The van der Waals surface area contributed by atoms with Crippen molar-refractivity contribution in [3.8, 4) is 5.75 Å². The van der Waals surface area contributed by atoms with Crippen LogP contribution in [0.1, 0.15) is 25.5 Å². The predicted octanol–water partition coefficient (Wildman–Crippen LogP) is 3.72. The largest absolute Gasteiger partial charge is 0.490 e. The van der Waals surface area contributed by atoms with E-state index < -0.39 is 0 Å². The van der Waals surface area contributed by atoms with Crippen LogP contribution in [0.2, 0.25) is 0 Å². The molecule has 1 saturated carbocycles. The number of aromatic nitrogens is 1. The van der Waals surface area contributed by atoms with Gasteiger partial charge in [-0.3, -0.25) is 0 Å². The van der Waals surface area contributed by atoms with Crippen LogP contribution < -0.4 is 10.5 Å². The number of benzene rings is 1. The van der Waals surface area contributed by atoms with Crippen molar-refractivity contribution < 1.29 is 9.26 Å². The number of nitrogens with zero attached hydrogens (tertiary/aromatic N) is 1. The van der Waals surface area contributed by atoms with Crippen molar-refractivity contribution in [2.24, 2.45) is 5.92 Å². The Balaban J connectivity index is 0.000000178. The summed E-state index contributed by atoms with van der Waals surface area (Å²) in [5, 5.41) is 3.42. The summed E-state index contributed by atoms with van der Waals surface area (Å²) in [6.45, 7) is 3.94. The van der Waals surface area contributed by atoms with E-state index in [2.05, 4.69) is 29.2 Å². The Morgan fingerprint density at radius 3 is 2.40 bits per heavy atom. The van der Waals surface area contributed by atoms with Gasteiger partial charge >= 0.3 is 0 Å². The van der Waals surface area contributed by atoms with Crippen LogP contribution in [0.4, 0.5) is 5.82 Å². The lowest BCUT2D eigenvalue weighted by Crippen LogP contribution is -2.13. The number of anilines is 1. The molecule has 0 radical (unpaired) electrons.